The van der Waals surface area contributed by atoms with E-state index in [1.54, 1.807) is 17.4 Å². The Morgan fingerprint density at radius 3 is 2.57 bits per heavy atom. The Labute approximate surface area is 178 Å². The lowest BCUT2D eigenvalue weighted by molar-refractivity contribution is 0.216. The molecule has 0 amide bonds. The Kier molecular flexibility index (Phi) is 5.53. The first-order chi connectivity index (χ1) is 13.4. The summed E-state index contributed by atoms with van der Waals surface area (Å²) >= 11 is 14.0. The summed E-state index contributed by atoms with van der Waals surface area (Å²) in [6.07, 6.45) is 2.78. The van der Waals surface area contributed by atoms with Crippen molar-refractivity contribution in [2.75, 3.05) is 20.1 Å². The van der Waals surface area contributed by atoms with Crippen molar-refractivity contribution in [1.82, 2.24) is 14.5 Å². The van der Waals surface area contributed by atoms with E-state index in [4.69, 9.17) is 28.2 Å². The van der Waals surface area contributed by atoms with Crippen LogP contribution in [0.3, 0.4) is 0 Å². The summed E-state index contributed by atoms with van der Waals surface area (Å²) < 4.78 is 1.92. The molecule has 28 heavy (non-hydrogen) atoms. The van der Waals surface area contributed by atoms with Crippen molar-refractivity contribution in [3.05, 3.63) is 49.3 Å². The fourth-order valence-corrected chi connectivity index (χ4v) is 5.57. The van der Waals surface area contributed by atoms with E-state index in [0.29, 0.717) is 15.4 Å². The first-order valence-corrected chi connectivity index (χ1v) is 11.2. The summed E-state index contributed by atoms with van der Waals surface area (Å²) in [5.41, 5.74) is 1.95. The highest BCUT2D eigenvalue weighted by Gasteiger charge is 2.25. The van der Waals surface area contributed by atoms with Gasteiger partial charge in [0.1, 0.15) is 10.7 Å². The highest BCUT2D eigenvalue weighted by Crippen LogP contribution is 2.39. The van der Waals surface area contributed by atoms with Crippen molar-refractivity contribution >= 4 is 44.8 Å². The third kappa shape index (κ3) is 3.39. The fourth-order valence-electron chi connectivity index (χ4n) is 4.10. The first kappa shape index (κ1) is 19.9. The van der Waals surface area contributed by atoms with Crippen molar-refractivity contribution in [3.8, 4) is 11.1 Å². The molecule has 4 rings (SSSR count). The molecular formula is C21H23Cl2N3OS. The molecule has 0 atom stereocenters. The Hall–Kier alpha value is -1.40. The monoisotopic (exact) mass is 435 g/mol. The zero-order valence-corrected chi connectivity index (χ0v) is 18.6. The van der Waals surface area contributed by atoms with Gasteiger partial charge in [0.25, 0.3) is 5.56 Å². The average Bonchev–Trinajstić information content (AvgIpc) is 3.04. The Morgan fingerprint density at radius 1 is 1.21 bits per heavy atom. The van der Waals surface area contributed by atoms with E-state index in [9.17, 15) is 4.79 Å². The van der Waals surface area contributed by atoms with Crippen LogP contribution in [-0.4, -0.2) is 34.6 Å². The van der Waals surface area contributed by atoms with E-state index in [-0.39, 0.29) is 11.6 Å². The zero-order valence-electron chi connectivity index (χ0n) is 16.3. The highest BCUT2D eigenvalue weighted by molar-refractivity contribution is 7.19. The lowest BCUT2D eigenvalue weighted by atomic mass is 10.0. The smallest absolute Gasteiger partial charge is 0.263 e. The summed E-state index contributed by atoms with van der Waals surface area (Å²) in [7, 11) is 2.13. The molecule has 1 fully saturated rings. The SMILES string of the molecule is CCc1sc2nc(C)n(C3CCN(C)CC3)c(=O)c2c1-c1ccc(Cl)c(Cl)c1. The largest absolute Gasteiger partial charge is 0.306 e. The lowest BCUT2D eigenvalue weighted by Gasteiger charge is -2.31. The number of likely N-dealkylation sites (tertiary alicyclic amines) is 1. The van der Waals surface area contributed by atoms with Gasteiger partial charge in [-0.1, -0.05) is 36.2 Å². The second kappa shape index (κ2) is 7.79. The van der Waals surface area contributed by atoms with E-state index < -0.39 is 0 Å². The number of rotatable bonds is 3. The van der Waals surface area contributed by atoms with Crippen LogP contribution in [0.1, 0.15) is 36.5 Å². The van der Waals surface area contributed by atoms with Crippen LogP contribution in [0.4, 0.5) is 0 Å². The van der Waals surface area contributed by atoms with Gasteiger partial charge in [-0.3, -0.25) is 9.36 Å². The minimum Gasteiger partial charge on any atom is -0.306 e. The lowest BCUT2D eigenvalue weighted by Crippen LogP contribution is -2.36. The van der Waals surface area contributed by atoms with Gasteiger partial charge >= 0.3 is 0 Å². The Balaban J connectivity index is 1.96. The van der Waals surface area contributed by atoms with Crippen molar-refractivity contribution in [3.63, 3.8) is 0 Å². The summed E-state index contributed by atoms with van der Waals surface area (Å²) in [4.78, 5) is 22.8. The Bertz CT molecular complexity index is 1100. The van der Waals surface area contributed by atoms with Gasteiger partial charge in [-0.2, -0.15) is 0 Å². The number of benzene rings is 1. The molecule has 2 aromatic heterocycles. The normalized spacial score (nSPS) is 16.2. The minimum absolute atomic E-state index is 0.0640. The van der Waals surface area contributed by atoms with E-state index in [2.05, 4.69) is 18.9 Å². The summed E-state index contributed by atoms with van der Waals surface area (Å²) in [6, 6.07) is 5.78. The zero-order chi connectivity index (χ0) is 20.0. The van der Waals surface area contributed by atoms with Gasteiger partial charge in [-0.15, -0.1) is 11.3 Å². The maximum Gasteiger partial charge on any atom is 0.263 e. The van der Waals surface area contributed by atoms with Gasteiger partial charge in [-0.25, -0.2) is 4.98 Å². The number of hydrogen-bond acceptors (Lipinski definition) is 4. The van der Waals surface area contributed by atoms with Crippen LogP contribution >= 0.6 is 34.5 Å². The van der Waals surface area contributed by atoms with Gasteiger partial charge in [0, 0.05) is 16.5 Å². The number of nitrogens with zero attached hydrogens (tertiary/aromatic N) is 3. The third-order valence-electron chi connectivity index (χ3n) is 5.59. The molecule has 0 radical (unpaired) electrons. The molecule has 0 spiro atoms. The summed E-state index contributed by atoms with van der Waals surface area (Å²) in [6.45, 7) is 6.05. The number of fused-ring (bicyclic) bond motifs is 1. The predicted octanol–water partition coefficient (Wildman–Crippen LogP) is 5.57. The minimum atomic E-state index is 0.0640. The first-order valence-electron chi connectivity index (χ1n) is 9.59. The van der Waals surface area contributed by atoms with Crippen molar-refractivity contribution in [1.29, 1.82) is 0 Å². The van der Waals surface area contributed by atoms with Gasteiger partial charge in [0.2, 0.25) is 0 Å². The Morgan fingerprint density at radius 2 is 1.93 bits per heavy atom. The number of hydrogen-bond donors (Lipinski definition) is 0. The molecule has 4 nitrogen and oxygen atoms in total. The summed E-state index contributed by atoms with van der Waals surface area (Å²) in [5, 5.41) is 1.72. The quantitative estimate of drug-likeness (QED) is 0.539. The molecule has 1 aliphatic rings. The van der Waals surface area contributed by atoms with Crippen LogP contribution in [0, 0.1) is 6.92 Å². The van der Waals surface area contributed by atoms with Crippen molar-refractivity contribution < 1.29 is 0 Å². The van der Waals surface area contributed by atoms with Gasteiger partial charge in [0.05, 0.1) is 15.4 Å². The van der Waals surface area contributed by atoms with Gasteiger partial charge in [-0.05, 0) is 64.0 Å². The topological polar surface area (TPSA) is 38.1 Å². The number of halogens is 2. The molecule has 3 aromatic rings. The third-order valence-corrected chi connectivity index (χ3v) is 7.56. The molecule has 0 unspecified atom stereocenters. The van der Waals surface area contributed by atoms with E-state index in [1.165, 1.54) is 0 Å². The molecule has 1 saturated heterocycles. The molecule has 1 aromatic carbocycles. The van der Waals surface area contributed by atoms with Crippen LogP contribution < -0.4 is 5.56 Å². The average molecular weight is 436 g/mol. The molecule has 148 valence electrons. The molecule has 1 aliphatic heterocycles. The second-order valence-corrected chi connectivity index (χ2v) is 9.33. The maximum atomic E-state index is 13.7. The molecule has 0 aliphatic carbocycles. The number of aryl methyl sites for hydroxylation is 2. The molecule has 0 N–H and O–H groups in total. The maximum absolute atomic E-state index is 13.7. The van der Waals surface area contributed by atoms with Crippen LogP contribution in [0.5, 0.6) is 0 Å². The predicted molar refractivity (Wildman–Crippen MR) is 119 cm³/mol. The number of piperidine rings is 1. The van der Waals surface area contributed by atoms with Crippen LogP contribution in [0.15, 0.2) is 23.0 Å². The van der Waals surface area contributed by atoms with Gasteiger partial charge in [0.15, 0.2) is 0 Å². The number of aromatic nitrogens is 2. The number of thiophene rings is 1. The molecule has 0 saturated carbocycles. The van der Waals surface area contributed by atoms with Crippen LogP contribution in [-0.2, 0) is 6.42 Å². The highest BCUT2D eigenvalue weighted by atomic mass is 35.5. The van der Waals surface area contributed by atoms with E-state index in [0.717, 1.165) is 59.0 Å². The van der Waals surface area contributed by atoms with E-state index >= 15 is 0 Å². The molecule has 0 bridgehead atoms. The summed E-state index contributed by atoms with van der Waals surface area (Å²) in [5.74, 6) is 0.802. The van der Waals surface area contributed by atoms with E-state index in [1.807, 2.05) is 23.6 Å². The molecule has 7 heteroatoms. The molecular weight excluding hydrogens is 413 g/mol. The van der Waals surface area contributed by atoms with Gasteiger partial charge < -0.3 is 4.90 Å². The standard InChI is InChI=1S/C21H23Cl2N3OS/c1-4-17-18(13-5-6-15(22)16(23)11-13)19-20(28-17)24-12(2)26(21(19)27)14-7-9-25(3)10-8-14/h5-6,11,14H,4,7-10H2,1-3H3. The van der Waals surface area contributed by atoms with Crippen LogP contribution in [0.2, 0.25) is 10.0 Å². The van der Waals surface area contributed by atoms with Crippen molar-refractivity contribution in [2.45, 2.75) is 39.2 Å². The van der Waals surface area contributed by atoms with Crippen LogP contribution in [0.25, 0.3) is 21.3 Å². The molecule has 3 heterocycles. The second-order valence-electron chi connectivity index (χ2n) is 7.43. The van der Waals surface area contributed by atoms with Crippen molar-refractivity contribution in [2.24, 2.45) is 0 Å². The fraction of sp³-hybridized carbons (Fsp3) is 0.429.